The average molecular weight is 1040 g/mol. The van der Waals surface area contributed by atoms with Crippen molar-refractivity contribution in [2.75, 3.05) is 0 Å². The molecule has 382 valence electrons. The molecule has 2 spiro atoms. The third-order valence-corrected chi connectivity index (χ3v) is 13.1. The number of aryl methyl sites for hydroxylation is 2. The number of ether oxygens (including phenoxy) is 4. The van der Waals surface area contributed by atoms with E-state index in [1.807, 2.05) is 77.1 Å². The zero-order chi connectivity index (χ0) is 52.2. The van der Waals surface area contributed by atoms with Gasteiger partial charge in [0.2, 0.25) is 0 Å². The number of hydrogen-bond donors (Lipinski definition) is 1. The standard InChI is InChI=1S/C26H21F3O6S.C25H22O4.2CO2.CH4.H2S/c1-14-5-8-19-21(11-14)33-22-13-16(35-36(31,32)26(27,28)29)7-10-20(22)25(19)18-9-6-15(24(2,3)4)12-17(18)23(30)34-25;1-14-5-8-19-21(11-14)28-22-13-16(26)7-10-20(22)25(19)18-9-6-15(24(2,3)4)12-17(18)23(27)29-25;2*2-1-3;;/h5-13H,1-4H3;5-13,26H,1-4H3;;;1H4;1H2. The smallest absolute Gasteiger partial charge is 0.508 e. The fraction of sp³-hybridized carbons (Fsp3) is 0.259. The number of benzene rings is 6. The van der Waals surface area contributed by atoms with Crippen LogP contribution in [0.15, 0.2) is 109 Å². The SMILES string of the molecule is C.Cc1ccc2c(c1)Oc1cc(O)ccc1C21OC(=O)c2cc(C(C)(C)C)ccc21.Cc1ccc2c(c1)Oc1cc(OS(=O)(=O)C(F)(F)F)ccc1C21OC(=O)c2cc(C(C)(C)C)ccc21.O=C=O.O=C=O.S. The van der Waals surface area contributed by atoms with Crippen LogP contribution in [-0.4, -0.2) is 43.3 Å². The summed E-state index contributed by atoms with van der Waals surface area (Å²) >= 11 is 0. The summed E-state index contributed by atoms with van der Waals surface area (Å²) in [5.41, 5.74) is 0.0613. The van der Waals surface area contributed by atoms with Gasteiger partial charge in [0.15, 0.2) is 11.2 Å². The minimum Gasteiger partial charge on any atom is -0.508 e. The Bertz CT molecular complexity index is 3300. The first-order chi connectivity index (χ1) is 33.2. The Kier molecular flexibility index (Phi) is 15.5. The summed E-state index contributed by atoms with van der Waals surface area (Å²) in [4.78, 5) is 58.7. The molecule has 2 unspecified atom stereocenters. The minimum absolute atomic E-state index is 0. The Morgan fingerprint density at radius 3 is 1.26 bits per heavy atom. The number of alkyl halides is 3. The summed E-state index contributed by atoms with van der Waals surface area (Å²) < 4.78 is 90.3. The van der Waals surface area contributed by atoms with Gasteiger partial charge in [-0.25, -0.2) is 9.59 Å². The maximum atomic E-state index is 13.2. The van der Waals surface area contributed by atoms with E-state index in [4.69, 9.17) is 38.1 Å². The Morgan fingerprint density at radius 2 is 0.877 bits per heavy atom. The first-order valence-electron chi connectivity index (χ1n) is 21.5. The van der Waals surface area contributed by atoms with Gasteiger partial charge >= 0.3 is 39.9 Å². The average Bonchev–Trinajstić information content (AvgIpc) is 3.73. The van der Waals surface area contributed by atoms with E-state index >= 15 is 0 Å². The summed E-state index contributed by atoms with van der Waals surface area (Å²) in [5.74, 6) is 0.0382. The molecule has 0 aliphatic carbocycles. The molecule has 1 N–H and O–H groups in total. The quantitative estimate of drug-likeness (QED) is 0.0974. The molecule has 4 heterocycles. The lowest BCUT2D eigenvalue weighted by molar-refractivity contribution is -0.193. The fourth-order valence-corrected chi connectivity index (χ4v) is 9.25. The van der Waals surface area contributed by atoms with E-state index in [1.54, 1.807) is 42.5 Å². The Morgan fingerprint density at radius 1 is 0.534 bits per heavy atom. The molecule has 6 aromatic carbocycles. The summed E-state index contributed by atoms with van der Waals surface area (Å²) in [6.07, 6.45) is 0.500. The molecule has 2 atom stereocenters. The van der Waals surface area contributed by atoms with E-state index in [2.05, 4.69) is 31.0 Å². The van der Waals surface area contributed by atoms with Crippen molar-refractivity contribution in [3.63, 3.8) is 0 Å². The molecule has 0 amide bonds. The van der Waals surface area contributed by atoms with Gasteiger partial charge in [0.25, 0.3) is 0 Å². The maximum absolute atomic E-state index is 13.2. The van der Waals surface area contributed by atoms with E-state index in [-0.39, 0.29) is 61.5 Å². The van der Waals surface area contributed by atoms with Crippen molar-refractivity contribution in [3.8, 4) is 34.5 Å². The van der Waals surface area contributed by atoms with E-state index in [9.17, 15) is 36.3 Å². The van der Waals surface area contributed by atoms with Crippen LogP contribution in [0.3, 0.4) is 0 Å². The number of phenolic OH excluding ortho intramolecular Hbond substituents is 1. The van der Waals surface area contributed by atoms with Crippen LogP contribution in [0, 0.1) is 13.8 Å². The van der Waals surface area contributed by atoms with Crippen LogP contribution in [0.5, 0.6) is 34.5 Å². The number of carbonyl (C=O) groups is 2. The van der Waals surface area contributed by atoms with E-state index in [1.165, 1.54) is 6.07 Å². The Labute approximate surface area is 425 Å². The van der Waals surface area contributed by atoms with E-state index in [0.717, 1.165) is 45.5 Å². The lowest BCUT2D eigenvalue weighted by Gasteiger charge is -2.36. The zero-order valence-electron chi connectivity index (χ0n) is 39.7. The van der Waals surface area contributed by atoms with Crippen molar-refractivity contribution in [1.82, 2.24) is 0 Å². The van der Waals surface area contributed by atoms with Crippen LogP contribution in [0.4, 0.5) is 13.2 Å². The van der Waals surface area contributed by atoms with Crippen molar-refractivity contribution in [2.24, 2.45) is 0 Å². The van der Waals surface area contributed by atoms with Crippen LogP contribution in [0.25, 0.3) is 0 Å². The van der Waals surface area contributed by atoms with Crippen molar-refractivity contribution in [1.29, 1.82) is 0 Å². The van der Waals surface area contributed by atoms with Crippen LogP contribution in [0.1, 0.15) is 125 Å². The fourth-order valence-electron chi connectivity index (χ4n) is 8.80. The molecule has 10 rings (SSSR count). The number of hydrogen-bond acceptors (Lipinski definition) is 14. The normalized spacial score (nSPS) is 17.1. The van der Waals surface area contributed by atoms with Crippen molar-refractivity contribution in [3.05, 3.63) is 176 Å². The maximum Gasteiger partial charge on any atom is 0.534 e. The highest BCUT2D eigenvalue weighted by Gasteiger charge is 2.56. The predicted molar refractivity (Wildman–Crippen MR) is 261 cm³/mol. The molecule has 0 aromatic heterocycles. The van der Waals surface area contributed by atoms with Crippen molar-refractivity contribution in [2.45, 2.75) is 90.4 Å². The summed E-state index contributed by atoms with van der Waals surface area (Å²) in [7, 11) is -5.89. The number of aromatic hydroxyl groups is 1. The Hall–Kier alpha value is -7.69. The largest absolute Gasteiger partial charge is 0.534 e. The number of phenols is 1. The third-order valence-electron chi connectivity index (χ3n) is 12.1. The lowest BCUT2D eigenvalue weighted by atomic mass is 9.76. The predicted octanol–water partition coefficient (Wildman–Crippen LogP) is 11.2. The van der Waals surface area contributed by atoms with Gasteiger partial charge in [-0.2, -0.15) is 54.3 Å². The zero-order valence-corrected chi connectivity index (χ0v) is 41.5. The molecule has 4 aliphatic heterocycles. The molecule has 0 fully saturated rings. The second kappa shape index (κ2) is 20.1. The third kappa shape index (κ3) is 9.96. The van der Waals surface area contributed by atoms with Gasteiger partial charge in [-0.1, -0.05) is 97.5 Å². The molecule has 6 aromatic rings. The molecule has 0 saturated heterocycles. The van der Waals surface area contributed by atoms with Crippen LogP contribution < -0.4 is 13.7 Å². The van der Waals surface area contributed by atoms with Gasteiger partial charge in [0.05, 0.1) is 11.1 Å². The highest BCUT2D eigenvalue weighted by atomic mass is 32.2. The highest BCUT2D eigenvalue weighted by Crippen LogP contribution is 2.59. The second-order valence-electron chi connectivity index (χ2n) is 18.9. The first-order valence-corrected chi connectivity index (χ1v) is 22.9. The van der Waals surface area contributed by atoms with Crippen molar-refractivity contribution < 1.29 is 78.6 Å². The molecule has 4 aliphatic rings. The van der Waals surface area contributed by atoms with Gasteiger partial charge in [-0.15, -0.1) is 0 Å². The Balaban J connectivity index is 0.000000242. The van der Waals surface area contributed by atoms with Crippen LogP contribution in [-0.2, 0) is 60.8 Å². The number of rotatable bonds is 2. The highest BCUT2D eigenvalue weighted by molar-refractivity contribution is 7.88. The molecule has 19 heteroatoms. The van der Waals surface area contributed by atoms with Crippen molar-refractivity contribution >= 4 is 47.9 Å². The molecule has 0 radical (unpaired) electrons. The van der Waals surface area contributed by atoms with Gasteiger partial charge in [0, 0.05) is 45.5 Å². The van der Waals surface area contributed by atoms with Gasteiger partial charge in [-0.05, 0) is 95.5 Å². The van der Waals surface area contributed by atoms with Crippen LogP contribution >= 0.6 is 13.5 Å². The lowest BCUT2D eigenvalue weighted by Crippen LogP contribution is -2.33. The summed E-state index contributed by atoms with van der Waals surface area (Å²) in [6, 6.07) is 31.1. The monoisotopic (exact) mass is 1040 g/mol. The molecule has 14 nitrogen and oxygen atoms in total. The van der Waals surface area contributed by atoms with Crippen LogP contribution in [0.2, 0.25) is 0 Å². The van der Waals surface area contributed by atoms with E-state index in [0.29, 0.717) is 50.6 Å². The molecule has 73 heavy (non-hydrogen) atoms. The number of halogens is 3. The summed E-state index contributed by atoms with van der Waals surface area (Å²) in [5, 5.41) is 10.0. The van der Waals surface area contributed by atoms with E-state index < -0.39 is 38.5 Å². The number of carbonyl (C=O) groups excluding carboxylic acids is 6. The minimum atomic E-state index is -5.89. The molecule has 0 bridgehead atoms. The summed E-state index contributed by atoms with van der Waals surface area (Å²) in [6.45, 7) is 16.2. The second-order valence-corrected chi connectivity index (χ2v) is 20.4. The van der Waals surface area contributed by atoms with Gasteiger partial charge in [0.1, 0.15) is 34.5 Å². The number of esters is 2. The topological polar surface area (TPSA) is 203 Å². The van der Waals surface area contributed by atoms with Gasteiger partial charge in [-0.3, -0.25) is 0 Å². The molecule has 0 saturated carbocycles. The first kappa shape index (κ1) is 56.2. The molecular formula is C54H49F3O14S2. The molecular weight excluding hydrogens is 994 g/mol. The number of fused-ring (bicyclic) bond motifs is 12. The van der Waals surface area contributed by atoms with Gasteiger partial charge < -0.3 is 28.2 Å².